The summed E-state index contributed by atoms with van der Waals surface area (Å²) in [4.78, 5) is 0.225. The molecular formula is C12H14ClNO4S. The molecule has 0 aromatic heterocycles. The molecule has 0 bridgehead atoms. The van der Waals surface area contributed by atoms with Gasteiger partial charge in [0.2, 0.25) is 10.0 Å². The van der Waals surface area contributed by atoms with Gasteiger partial charge in [0.05, 0.1) is 4.90 Å². The number of sulfonamides is 1. The van der Waals surface area contributed by atoms with Crippen LogP contribution in [-0.4, -0.2) is 44.4 Å². The quantitative estimate of drug-likeness (QED) is 0.776. The first kappa shape index (κ1) is 13.0. The lowest BCUT2D eigenvalue weighted by atomic mass is 10.3. The zero-order chi connectivity index (χ0) is 13.5. The van der Waals surface area contributed by atoms with Crippen molar-refractivity contribution in [2.24, 2.45) is 0 Å². The van der Waals surface area contributed by atoms with Crippen molar-refractivity contribution >= 4 is 21.6 Å². The molecule has 0 aliphatic carbocycles. The third kappa shape index (κ3) is 2.40. The minimum Gasteiger partial charge on any atom is -0.486 e. The fourth-order valence-electron chi connectivity index (χ4n) is 2.24. The van der Waals surface area contributed by atoms with Crippen molar-refractivity contribution in [2.45, 2.75) is 16.7 Å². The molecule has 2 heterocycles. The Kier molecular flexibility index (Phi) is 3.32. The molecule has 1 unspecified atom stereocenters. The Balaban J connectivity index is 1.93. The molecule has 2 aliphatic heterocycles. The van der Waals surface area contributed by atoms with E-state index in [0.29, 0.717) is 44.2 Å². The molecule has 0 saturated carbocycles. The third-order valence-electron chi connectivity index (χ3n) is 3.24. The Morgan fingerprint density at radius 1 is 1.21 bits per heavy atom. The van der Waals surface area contributed by atoms with Crippen molar-refractivity contribution in [2.75, 3.05) is 26.3 Å². The highest BCUT2D eigenvalue weighted by molar-refractivity contribution is 7.89. The number of hydrogen-bond acceptors (Lipinski definition) is 4. The molecule has 0 amide bonds. The standard InChI is InChI=1S/C12H14ClNO4S/c13-9-3-4-14(8-9)19(15,16)10-1-2-11-12(7-10)18-6-5-17-11/h1-2,7,9H,3-6,8H2. The highest BCUT2D eigenvalue weighted by Crippen LogP contribution is 2.34. The zero-order valence-corrected chi connectivity index (χ0v) is 11.8. The predicted octanol–water partition coefficient (Wildman–Crippen LogP) is 1.46. The molecule has 1 saturated heterocycles. The van der Waals surface area contributed by atoms with Gasteiger partial charge < -0.3 is 9.47 Å². The average molecular weight is 304 g/mol. The van der Waals surface area contributed by atoms with Crippen molar-refractivity contribution in [3.8, 4) is 11.5 Å². The van der Waals surface area contributed by atoms with Crippen molar-refractivity contribution in [3.05, 3.63) is 18.2 Å². The molecule has 19 heavy (non-hydrogen) atoms. The van der Waals surface area contributed by atoms with Crippen LogP contribution in [-0.2, 0) is 10.0 Å². The van der Waals surface area contributed by atoms with Gasteiger partial charge in [0.25, 0.3) is 0 Å². The Morgan fingerprint density at radius 2 is 1.95 bits per heavy atom. The number of ether oxygens (including phenoxy) is 2. The topological polar surface area (TPSA) is 55.8 Å². The van der Waals surface area contributed by atoms with Gasteiger partial charge in [-0.05, 0) is 18.6 Å². The Hall–Kier alpha value is -0.980. The van der Waals surface area contributed by atoms with Crippen LogP contribution in [0.25, 0.3) is 0 Å². The summed E-state index contributed by atoms with van der Waals surface area (Å²) >= 11 is 5.96. The monoisotopic (exact) mass is 303 g/mol. The van der Waals surface area contributed by atoms with E-state index in [1.807, 2.05) is 0 Å². The molecular weight excluding hydrogens is 290 g/mol. The van der Waals surface area contributed by atoms with Gasteiger partial charge in [-0.15, -0.1) is 11.6 Å². The largest absolute Gasteiger partial charge is 0.486 e. The van der Waals surface area contributed by atoms with E-state index in [9.17, 15) is 8.42 Å². The number of rotatable bonds is 2. The van der Waals surface area contributed by atoms with E-state index in [0.717, 1.165) is 0 Å². The van der Waals surface area contributed by atoms with Gasteiger partial charge in [-0.1, -0.05) is 0 Å². The molecule has 5 nitrogen and oxygen atoms in total. The second-order valence-corrected chi connectivity index (χ2v) is 7.11. The van der Waals surface area contributed by atoms with Gasteiger partial charge in [0.1, 0.15) is 13.2 Å². The van der Waals surface area contributed by atoms with E-state index in [-0.39, 0.29) is 10.3 Å². The predicted molar refractivity (Wildman–Crippen MR) is 70.4 cm³/mol. The van der Waals surface area contributed by atoms with Gasteiger partial charge in [0.15, 0.2) is 11.5 Å². The molecule has 0 spiro atoms. The smallest absolute Gasteiger partial charge is 0.243 e. The third-order valence-corrected chi connectivity index (χ3v) is 5.46. The summed E-state index contributed by atoms with van der Waals surface area (Å²) in [6.45, 7) is 1.74. The average Bonchev–Trinajstić information content (AvgIpc) is 2.85. The van der Waals surface area contributed by atoms with Crippen LogP contribution >= 0.6 is 11.6 Å². The molecule has 1 aromatic rings. The van der Waals surface area contributed by atoms with E-state index in [1.165, 1.54) is 10.4 Å². The van der Waals surface area contributed by atoms with E-state index in [4.69, 9.17) is 21.1 Å². The first-order chi connectivity index (χ1) is 9.07. The molecule has 1 atom stereocenters. The summed E-state index contributed by atoms with van der Waals surface area (Å²) in [6, 6.07) is 4.70. The SMILES string of the molecule is O=S(=O)(c1ccc2c(c1)OCCO2)N1CCC(Cl)C1. The number of halogens is 1. The lowest BCUT2D eigenvalue weighted by Crippen LogP contribution is -2.29. The highest BCUT2D eigenvalue weighted by atomic mass is 35.5. The van der Waals surface area contributed by atoms with Crippen LogP contribution in [0, 0.1) is 0 Å². The van der Waals surface area contributed by atoms with Crippen molar-refractivity contribution < 1.29 is 17.9 Å². The fraction of sp³-hybridized carbons (Fsp3) is 0.500. The van der Waals surface area contributed by atoms with Gasteiger partial charge >= 0.3 is 0 Å². The van der Waals surface area contributed by atoms with Crippen LogP contribution in [0.5, 0.6) is 11.5 Å². The summed E-state index contributed by atoms with van der Waals surface area (Å²) in [6.07, 6.45) is 0.686. The van der Waals surface area contributed by atoms with E-state index in [1.54, 1.807) is 12.1 Å². The van der Waals surface area contributed by atoms with Crippen molar-refractivity contribution in [1.29, 1.82) is 0 Å². The van der Waals surface area contributed by atoms with E-state index in [2.05, 4.69) is 0 Å². The molecule has 104 valence electrons. The van der Waals surface area contributed by atoms with Crippen LogP contribution in [0.4, 0.5) is 0 Å². The Bertz CT molecular complexity index is 589. The second kappa shape index (κ2) is 4.85. The summed E-state index contributed by atoms with van der Waals surface area (Å²) in [5.41, 5.74) is 0. The molecule has 0 radical (unpaired) electrons. The molecule has 3 rings (SSSR count). The molecule has 2 aliphatic rings. The number of hydrogen-bond donors (Lipinski definition) is 0. The normalized spacial score (nSPS) is 23.5. The number of benzene rings is 1. The summed E-state index contributed by atoms with van der Waals surface area (Å²) in [5.74, 6) is 1.07. The van der Waals surface area contributed by atoms with Crippen LogP contribution in [0.2, 0.25) is 0 Å². The lowest BCUT2D eigenvalue weighted by molar-refractivity contribution is 0.171. The highest BCUT2D eigenvalue weighted by Gasteiger charge is 2.32. The van der Waals surface area contributed by atoms with Gasteiger partial charge in [-0.3, -0.25) is 0 Å². The second-order valence-electron chi connectivity index (χ2n) is 4.55. The first-order valence-corrected chi connectivity index (χ1v) is 7.99. The lowest BCUT2D eigenvalue weighted by Gasteiger charge is -2.20. The summed E-state index contributed by atoms with van der Waals surface area (Å²) in [5, 5.41) is -0.105. The van der Waals surface area contributed by atoms with Crippen LogP contribution < -0.4 is 9.47 Å². The maximum absolute atomic E-state index is 12.4. The molecule has 0 N–H and O–H groups in total. The van der Waals surface area contributed by atoms with E-state index >= 15 is 0 Å². The van der Waals surface area contributed by atoms with Crippen LogP contribution in [0.1, 0.15) is 6.42 Å². The maximum atomic E-state index is 12.4. The molecule has 1 aromatic carbocycles. The number of fused-ring (bicyclic) bond motifs is 1. The summed E-state index contributed by atoms with van der Waals surface area (Å²) < 4.78 is 37.1. The first-order valence-electron chi connectivity index (χ1n) is 6.11. The van der Waals surface area contributed by atoms with Gasteiger partial charge in [-0.2, -0.15) is 4.31 Å². The minimum absolute atomic E-state index is 0.105. The van der Waals surface area contributed by atoms with Crippen molar-refractivity contribution in [1.82, 2.24) is 4.31 Å². The number of nitrogens with zero attached hydrogens (tertiary/aromatic N) is 1. The van der Waals surface area contributed by atoms with Crippen LogP contribution in [0.15, 0.2) is 23.1 Å². The maximum Gasteiger partial charge on any atom is 0.243 e. The summed E-state index contributed by atoms with van der Waals surface area (Å²) in [7, 11) is -3.49. The number of alkyl halides is 1. The minimum atomic E-state index is -3.49. The Labute approximate surface area is 117 Å². The zero-order valence-electron chi connectivity index (χ0n) is 10.2. The molecule has 1 fully saturated rings. The van der Waals surface area contributed by atoms with Gasteiger partial charge in [0, 0.05) is 24.5 Å². The van der Waals surface area contributed by atoms with Crippen molar-refractivity contribution in [3.63, 3.8) is 0 Å². The molecule has 7 heteroatoms. The van der Waals surface area contributed by atoms with Gasteiger partial charge in [-0.25, -0.2) is 8.42 Å². The fourth-order valence-corrected chi connectivity index (χ4v) is 4.10. The van der Waals surface area contributed by atoms with Crippen LogP contribution in [0.3, 0.4) is 0 Å². The Morgan fingerprint density at radius 3 is 2.63 bits per heavy atom. The van der Waals surface area contributed by atoms with E-state index < -0.39 is 10.0 Å².